The van der Waals surface area contributed by atoms with Gasteiger partial charge in [-0.05, 0) is 65.2 Å². The number of unbranched alkanes of at least 4 members (excludes halogenated alkanes) is 8. The van der Waals surface area contributed by atoms with E-state index in [0.29, 0.717) is 45.4 Å². The van der Waals surface area contributed by atoms with E-state index in [4.69, 9.17) is 9.47 Å². The summed E-state index contributed by atoms with van der Waals surface area (Å²) in [5.74, 6) is 0.0740. The predicted molar refractivity (Wildman–Crippen MR) is 187 cm³/mol. The minimum atomic E-state index is -0.475. The summed E-state index contributed by atoms with van der Waals surface area (Å²) < 4.78 is 12.4. The van der Waals surface area contributed by atoms with E-state index >= 15 is 0 Å². The van der Waals surface area contributed by atoms with Crippen LogP contribution in [-0.4, -0.2) is 53.5 Å². The van der Waals surface area contributed by atoms with E-state index in [-0.39, 0.29) is 34.3 Å². The molecule has 1 aliphatic rings. The maximum Gasteiger partial charge on any atom is 0.233 e. The molecule has 6 nitrogen and oxygen atoms in total. The molecule has 0 aromatic heterocycles. The molecular formula is C39H73NO5. The molecule has 2 unspecified atom stereocenters. The Hall–Kier alpha value is -1.27. The smallest absolute Gasteiger partial charge is 0.233 e. The van der Waals surface area contributed by atoms with E-state index in [2.05, 4.69) is 41.5 Å². The Kier molecular flexibility index (Phi) is 18.7. The van der Waals surface area contributed by atoms with E-state index in [1.54, 1.807) is 0 Å². The summed E-state index contributed by atoms with van der Waals surface area (Å²) >= 11 is 0. The molecule has 1 fully saturated rings. The summed E-state index contributed by atoms with van der Waals surface area (Å²) in [7, 11) is 0. The molecule has 1 rings (SSSR count). The zero-order valence-corrected chi connectivity index (χ0v) is 31.4. The molecule has 0 N–H and O–H groups in total. The van der Waals surface area contributed by atoms with Gasteiger partial charge in [-0.15, -0.1) is 0 Å². The van der Waals surface area contributed by atoms with Gasteiger partial charge in [-0.3, -0.25) is 19.3 Å². The summed E-state index contributed by atoms with van der Waals surface area (Å²) in [6.45, 7) is 22.5. The number of amides is 2. The number of hydrogen-bond acceptors (Lipinski definition) is 5. The van der Waals surface area contributed by atoms with Gasteiger partial charge in [0, 0.05) is 24.8 Å². The van der Waals surface area contributed by atoms with Crippen molar-refractivity contribution in [2.75, 3.05) is 19.8 Å². The fraction of sp³-hybridized carbons (Fsp3) is 0.923. The highest BCUT2D eigenvalue weighted by Crippen LogP contribution is 2.44. The first-order valence-corrected chi connectivity index (χ1v) is 18.7. The summed E-state index contributed by atoms with van der Waals surface area (Å²) in [5.41, 5.74) is -1.29. The maximum atomic E-state index is 13.7. The summed E-state index contributed by atoms with van der Waals surface area (Å²) in [4.78, 5) is 41.1. The number of carbonyl (C=O) groups is 3. The molecule has 6 heteroatoms. The highest BCUT2D eigenvalue weighted by molar-refractivity contribution is 6.03. The Bertz CT molecular complexity index is 879. The average molecular weight is 636 g/mol. The lowest BCUT2D eigenvalue weighted by molar-refractivity contribution is -0.141. The van der Waals surface area contributed by atoms with E-state index in [1.807, 2.05) is 27.7 Å². The number of likely N-dealkylation sites (tertiary alicyclic amines) is 1. The zero-order chi connectivity index (χ0) is 34.2. The largest absolute Gasteiger partial charge is 0.375 e. The van der Waals surface area contributed by atoms with Crippen LogP contribution >= 0.6 is 0 Å². The topological polar surface area (TPSA) is 72.9 Å². The normalized spacial score (nSPS) is 17.7. The maximum absolute atomic E-state index is 13.7. The number of rotatable bonds is 27. The highest BCUT2D eigenvalue weighted by Gasteiger charge is 2.48. The second kappa shape index (κ2) is 20.2. The van der Waals surface area contributed by atoms with Crippen LogP contribution in [-0.2, 0) is 23.9 Å². The average Bonchev–Trinajstić information content (AvgIpc) is 3.25. The van der Waals surface area contributed by atoms with E-state index < -0.39 is 11.2 Å². The monoisotopic (exact) mass is 636 g/mol. The van der Waals surface area contributed by atoms with Crippen molar-refractivity contribution >= 4 is 17.6 Å². The van der Waals surface area contributed by atoms with E-state index in [1.165, 1.54) is 49.8 Å². The first-order chi connectivity index (χ1) is 21.0. The van der Waals surface area contributed by atoms with Crippen molar-refractivity contribution in [3.63, 3.8) is 0 Å². The molecule has 2 atom stereocenters. The second-order valence-corrected chi connectivity index (χ2v) is 16.1. The van der Waals surface area contributed by atoms with Gasteiger partial charge in [-0.25, -0.2) is 0 Å². The number of carbonyl (C=O) groups excluding carboxylic acids is 3. The number of ketones is 1. The first-order valence-electron chi connectivity index (χ1n) is 18.7. The van der Waals surface area contributed by atoms with Crippen molar-refractivity contribution in [3.8, 4) is 0 Å². The molecule has 264 valence electrons. The number of imide groups is 1. The third-order valence-electron chi connectivity index (χ3n) is 10.4. The Morgan fingerprint density at radius 3 is 1.73 bits per heavy atom. The van der Waals surface area contributed by atoms with Gasteiger partial charge in [0.2, 0.25) is 11.8 Å². The number of hydrogen-bond donors (Lipinski definition) is 0. The van der Waals surface area contributed by atoms with Crippen LogP contribution in [0.2, 0.25) is 0 Å². The van der Waals surface area contributed by atoms with Gasteiger partial charge < -0.3 is 9.47 Å². The van der Waals surface area contributed by atoms with E-state index in [0.717, 1.165) is 44.9 Å². The molecule has 0 radical (unpaired) electrons. The molecule has 0 aliphatic carbocycles. The number of Topliss-reactive ketones (excluding diaryl/α,β-unsaturated/α-hetero) is 1. The fourth-order valence-corrected chi connectivity index (χ4v) is 6.66. The van der Waals surface area contributed by atoms with Crippen LogP contribution in [0.4, 0.5) is 0 Å². The van der Waals surface area contributed by atoms with Crippen molar-refractivity contribution in [1.29, 1.82) is 0 Å². The summed E-state index contributed by atoms with van der Waals surface area (Å²) in [5, 5.41) is 0. The molecule has 1 heterocycles. The van der Waals surface area contributed by atoms with Crippen molar-refractivity contribution in [2.45, 2.75) is 196 Å². The van der Waals surface area contributed by atoms with Gasteiger partial charge >= 0.3 is 0 Å². The van der Waals surface area contributed by atoms with Crippen LogP contribution in [0, 0.1) is 16.7 Å². The predicted octanol–water partition coefficient (Wildman–Crippen LogP) is 10.2. The third-order valence-corrected chi connectivity index (χ3v) is 10.4. The van der Waals surface area contributed by atoms with Gasteiger partial charge in [-0.2, -0.15) is 0 Å². The molecule has 0 saturated carbocycles. The molecule has 2 amide bonds. The van der Waals surface area contributed by atoms with Crippen LogP contribution in [0.3, 0.4) is 0 Å². The number of nitrogens with zero attached hydrogens (tertiary/aromatic N) is 1. The lowest BCUT2D eigenvalue weighted by Gasteiger charge is -2.35. The molecule has 45 heavy (non-hydrogen) atoms. The molecule has 1 aliphatic heterocycles. The van der Waals surface area contributed by atoms with Gasteiger partial charge in [0.05, 0.1) is 30.3 Å². The van der Waals surface area contributed by atoms with Crippen LogP contribution in [0.25, 0.3) is 0 Å². The number of ether oxygens (including phenoxy) is 2. The SMILES string of the molecule is CCCCCCC(C)(C)C(=O)CCOC(C)(C)CCOC(C)(C)CCN1C(=O)CC(C(C)(CCCCC)CCCCCC)C1=O. The van der Waals surface area contributed by atoms with Gasteiger partial charge in [0.15, 0.2) is 0 Å². The van der Waals surface area contributed by atoms with Crippen LogP contribution in [0.15, 0.2) is 0 Å². The minimum Gasteiger partial charge on any atom is -0.375 e. The quantitative estimate of drug-likeness (QED) is 0.0663. The standard InChI is InChI=1S/C39H73NO5/c1-11-14-17-20-23-36(4,5)33(41)22-29-44-38(8,9)27-30-45-37(6,7)26-28-40-34(42)31-32(35(40)43)39(10,24-19-16-13-3)25-21-18-15-12-2/h32H,11-31H2,1-10H3. The zero-order valence-electron chi connectivity index (χ0n) is 31.4. The molecule has 0 bridgehead atoms. The summed E-state index contributed by atoms with van der Waals surface area (Å²) in [6, 6.07) is 0. The lowest BCUT2D eigenvalue weighted by atomic mass is 9.69. The van der Waals surface area contributed by atoms with Gasteiger partial charge in [0.1, 0.15) is 5.78 Å². The van der Waals surface area contributed by atoms with Gasteiger partial charge in [-0.1, -0.05) is 112 Å². The third kappa shape index (κ3) is 15.5. The summed E-state index contributed by atoms with van der Waals surface area (Å²) in [6.07, 6.45) is 18.0. The Balaban J connectivity index is 2.57. The molecular weight excluding hydrogens is 562 g/mol. The molecule has 0 aromatic rings. The van der Waals surface area contributed by atoms with Crippen molar-refractivity contribution in [3.05, 3.63) is 0 Å². The molecule has 0 spiro atoms. The van der Waals surface area contributed by atoms with Crippen molar-refractivity contribution in [2.24, 2.45) is 16.7 Å². The highest BCUT2D eigenvalue weighted by atomic mass is 16.5. The Morgan fingerprint density at radius 2 is 1.16 bits per heavy atom. The second-order valence-electron chi connectivity index (χ2n) is 16.1. The fourth-order valence-electron chi connectivity index (χ4n) is 6.66. The van der Waals surface area contributed by atoms with Crippen LogP contribution in [0.1, 0.15) is 185 Å². The molecule has 0 aromatic carbocycles. The van der Waals surface area contributed by atoms with Gasteiger partial charge in [0.25, 0.3) is 0 Å². The van der Waals surface area contributed by atoms with E-state index in [9.17, 15) is 14.4 Å². The lowest BCUT2D eigenvalue weighted by Crippen LogP contribution is -2.40. The molecule has 1 saturated heterocycles. The van der Waals surface area contributed by atoms with Crippen molar-refractivity contribution < 1.29 is 23.9 Å². The Labute approximate surface area is 278 Å². The van der Waals surface area contributed by atoms with Crippen LogP contribution < -0.4 is 0 Å². The van der Waals surface area contributed by atoms with Crippen LogP contribution in [0.5, 0.6) is 0 Å². The first kappa shape index (κ1) is 41.8. The Morgan fingerprint density at radius 1 is 0.667 bits per heavy atom. The van der Waals surface area contributed by atoms with Crippen molar-refractivity contribution in [1.82, 2.24) is 4.90 Å². The minimum absolute atomic E-state index is 0.0238.